The summed E-state index contributed by atoms with van der Waals surface area (Å²) in [7, 11) is 0. The van der Waals surface area contributed by atoms with Crippen LogP contribution in [0.25, 0.3) is 16.8 Å². The minimum Gasteiger partial charge on any atom is -0.224 e. The monoisotopic (exact) mass is 508 g/mol. The Bertz CT molecular complexity index is 754. The molecule has 0 fully saturated rings. The van der Waals surface area contributed by atoms with E-state index in [2.05, 4.69) is 76.2 Å². The van der Waals surface area contributed by atoms with Gasteiger partial charge in [-0.3, -0.25) is 0 Å². The van der Waals surface area contributed by atoms with E-state index in [0.717, 1.165) is 0 Å². The molecule has 0 spiro atoms. The molecule has 1 atom stereocenters. The minimum absolute atomic E-state index is 0. The second-order valence-corrected chi connectivity index (χ2v) is 9.39. The van der Waals surface area contributed by atoms with Crippen LogP contribution in [0.5, 0.6) is 0 Å². The molecule has 0 nitrogen and oxygen atoms in total. The standard InChI is InChI=1S/C23H29.C8H18.Y/c1-3-4-5-6-7-8-11-19-14-15-22-16-20-12-9-10-13-21(20)17-23(22)18(19)2;1-3-5-7-8-6-4-2;/h9-10,12-18H,3-8,11H2,1-2H3;3-8H2,1-2H3;/q-1;;. The summed E-state index contributed by atoms with van der Waals surface area (Å²) in [6.07, 6.45) is 22.7. The Balaban J connectivity index is 0.000000491. The largest absolute Gasteiger partial charge is 0.224 e. The Morgan fingerprint density at radius 3 is 1.75 bits per heavy atom. The summed E-state index contributed by atoms with van der Waals surface area (Å²) in [6, 6.07) is 13.5. The Labute approximate surface area is 224 Å². The molecule has 0 aliphatic heterocycles. The van der Waals surface area contributed by atoms with E-state index in [4.69, 9.17) is 0 Å². The van der Waals surface area contributed by atoms with E-state index < -0.39 is 0 Å². The molecule has 0 saturated carbocycles. The van der Waals surface area contributed by atoms with Gasteiger partial charge in [-0.15, -0.1) is 5.56 Å². The molecule has 0 bridgehead atoms. The number of hydrogen-bond donors (Lipinski definition) is 0. The minimum atomic E-state index is 0. The van der Waals surface area contributed by atoms with Crippen LogP contribution in [0, 0.1) is 5.92 Å². The van der Waals surface area contributed by atoms with Crippen molar-refractivity contribution in [1.29, 1.82) is 0 Å². The smallest absolute Gasteiger partial charge is 0 e. The van der Waals surface area contributed by atoms with Crippen molar-refractivity contribution in [2.45, 2.75) is 117 Å². The van der Waals surface area contributed by atoms with Gasteiger partial charge in [-0.05, 0) is 10.8 Å². The maximum atomic E-state index is 2.40. The van der Waals surface area contributed by atoms with Crippen LogP contribution in [0.1, 0.15) is 128 Å². The van der Waals surface area contributed by atoms with Crippen molar-refractivity contribution < 1.29 is 32.7 Å². The van der Waals surface area contributed by atoms with Gasteiger partial charge in [0.1, 0.15) is 0 Å². The zero-order chi connectivity index (χ0) is 22.3. The second kappa shape index (κ2) is 17.8. The summed E-state index contributed by atoms with van der Waals surface area (Å²) in [5.74, 6) is 2.18. The fraction of sp³-hybridized carbons (Fsp3) is 0.581. The van der Waals surface area contributed by atoms with E-state index in [1.165, 1.54) is 105 Å². The summed E-state index contributed by atoms with van der Waals surface area (Å²) in [6.45, 7) is 9.17. The van der Waals surface area contributed by atoms with Gasteiger partial charge in [-0.25, -0.2) is 18.1 Å². The molecular formula is C31H47Y-. The molecule has 2 aromatic carbocycles. The summed E-state index contributed by atoms with van der Waals surface area (Å²) >= 11 is 0. The molecule has 175 valence electrons. The number of hydrogen-bond acceptors (Lipinski definition) is 0. The Morgan fingerprint density at radius 2 is 1.19 bits per heavy atom. The Morgan fingerprint density at radius 1 is 0.688 bits per heavy atom. The molecule has 1 heteroatoms. The normalized spacial score (nSPS) is 14.5. The molecule has 1 unspecified atom stereocenters. The van der Waals surface area contributed by atoms with Crippen LogP contribution in [0.15, 0.2) is 42.5 Å². The van der Waals surface area contributed by atoms with E-state index in [1.807, 2.05) is 0 Å². The second-order valence-electron chi connectivity index (χ2n) is 9.39. The van der Waals surface area contributed by atoms with Crippen LogP contribution < -0.4 is 0 Å². The number of allylic oxidation sites excluding steroid dienone is 1. The van der Waals surface area contributed by atoms with Crippen LogP contribution >= 0.6 is 0 Å². The van der Waals surface area contributed by atoms with E-state index in [-0.39, 0.29) is 32.7 Å². The Hall–Kier alpha value is -0.586. The third-order valence-electron chi connectivity index (χ3n) is 6.73. The van der Waals surface area contributed by atoms with E-state index in [1.54, 1.807) is 5.92 Å². The van der Waals surface area contributed by atoms with Gasteiger partial charge in [0.25, 0.3) is 0 Å². The van der Waals surface area contributed by atoms with Crippen molar-refractivity contribution in [1.82, 2.24) is 0 Å². The van der Waals surface area contributed by atoms with Gasteiger partial charge in [0.2, 0.25) is 0 Å². The van der Waals surface area contributed by atoms with Gasteiger partial charge < -0.3 is 0 Å². The predicted molar refractivity (Wildman–Crippen MR) is 142 cm³/mol. The quantitative estimate of drug-likeness (QED) is 0.198. The molecule has 1 aliphatic rings. The van der Waals surface area contributed by atoms with Crippen LogP contribution in [-0.4, -0.2) is 0 Å². The van der Waals surface area contributed by atoms with Crippen molar-refractivity contribution in [2.24, 2.45) is 0 Å². The first-order valence-corrected chi connectivity index (χ1v) is 13.3. The third-order valence-corrected chi connectivity index (χ3v) is 6.73. The first kappa shape index (κ1) is 29.4. The number of fused-ring (bicyclic) bond motifs is 2. The topological polar surface area (TPSA) is 0 Å². The zero-order valence-corrected chi connectivity index (χ0v) is 24.3. The van der Waals surface area contributed by atoms with Crippen LogP contribution in [0.3, 0.4) is 0 Å². The molecule has 1 radical (unpaired) electrons. The number of benzene rings is 2. The van der Waals surface area contributed by atoms with Gasteiger partial charge in [-0.1, -0.05) is 159 Å². The van der Waals surface area contributed by atoms with Crippen molar-refractivity contribution >= 4 is 16.8 Å². The molecular weight excluding hydrogens is 461 g/mol. The fourth-order valence-electron chi connectivity index (χ4n) is 4.60. The molecule has 0 heterocycles. The average Bonchev–Trinajstić information content (AvgIpc) is 2.80. The summed E-state index contributed by atoms with van der Waals surface area (Å²) in [5.41, 5.74) is 2.91. The van der Waals surface area contributed by atoms with E-state index in [9.17, 15) is 0 Å². The molecule has 2 aromatic rings. The summed E-state index contributed by atoms with van der Waals surface area (Å²) < 4.78 is 0. The third kappa shape index (κ3) is 10.1. The molecule has 3 rings (SSSR count). The van der Waals surface area contributed by atoms with Crippen LogP contribution in [-0.2, 0) is 32.7 Å². The molecule has 0 amide bonds. The Kier molecular flexibility index (Phi) is 16.4. The van der Waals surface area contributed by atoms with Gasteiger partial charge in [0.05, 0.1) is 0 Å². The molecule has 0 aromatic heterocycles. The predicted octanol–water partition coefficient (Wildman–Crippen LogP) is 10.7. The molecule has 0 saturated heterocycles. The van der Waals surface area contributed by atoms with Crippen molar-refractivity contribution in [2.75, 3.05) is 0 Å². The summed E-state index contributed by atoms with van der Waals surface area (Å²) in [4.78, 5) is 0. The van der Waals surface area contributed by atoms with Crippen LogP contribution in [0.2, 0.25) is 0 Å². The van der Waals surface area contributed by atoms with E-state index >= 15 is 0 Å². The van der Waals surface area contributed by atoms with Gasteiger partial charge >= 0.3 is 0 Å². The SMILES string of the molecule is CCCCCCCC.CCCCCCCC[C-]1C=Cc2cc3ccccc3cc2C1C.[Y]. The van der Waals surface area contributed by atoms with Gasteiger partial charge in [0, 0.05) is 32.7 Å². The molecule has 32 heavy (non-hydrogen) atoms. The number of rotatable bonds is 12. The van der Waals surface area contributed by atoms with Crippen molar-refractivity contribution in [3.05, 3.63) is 59.5 Å². The fourth-order valence-corrected chi connectivity index (χ4v) is 4.60. The zero-order valence-electron chi connectivity index (χ0n) is 21.5. The van der Waals surface area contributed by atoms with Crippen molar-refractivity contribution in [3.8, 4) is 0 Å². The molecule has 0 N–H and O–H groups in total. The van der Waals surface area contributed by atoms with Crippen LogP contribution in [0.4, 0.5) is 0 Å². The maximum absolute atomic E-state index is 2.40. The van der Waals surface area contributed by atoms with E-state index in [0.29, 0.717) is 5.92 Å². The van der Waals surface area contributed by atoms with Gasteiger partial charge in [-0.2, -0.15) is 0 Å². The van der Waals surface area contributed by atoms with Gasteiger partial charge in [0.15, 0.2) is 0 Å². The first-order chi connectivity index (χ1) is 15.2. The average molecular weight is 509 g/mol. The number of unbranched alkanes of at least 4 members (excludes halogenated alkanes) is 10. The molecule has 1 aliphatic carbocycles. The summed E-state index contributed by atoms with van der Waals surface area (Å²) in [5, 5.41) is 2.72. The maximum Gasteiger partial charge on any atom is 0 e. The first-order valence-electron chi connectivity index (χ1n) is 13.3. The van der Waals surface area contributed by atoms with Crippen molar-refractivity contribution in [3.63, 3.8) is 0 Å².